The second-order valence-electron chi connectivity index (χ2n) is 6.68. The van der Waals surface area contributed by atoms with Crippen molar-refractivity contribution < 1.29 is 4.79 Å². The van der Waals surface area contributed by atoms with Gasteiger partial charge in [-0.05, 0) is 34.8 Å². The van der Waals surface area contributed by atoms with Gasteiger partial charge in [0.15, 0.2) is 0 Å². The minimum absolute atomic E-state index is 0.224. The normalized spacial score (nSPS) is 15.6. The zero-order chi connectivity index (χ0) is 14.8. The molecule has 2 heterocycles. The number of amides is 1. The Kier molecular flexibility index (Phi) is 4.86. The molecule has 0 saturated heterocycles. The molecule has 20 heavy (non-hydrogen) atoms. The van der Waals surface area contributed by atoms with Crippen molar-refractivity contribution in [2.75, 3.05) is 19.6 Å². The molecule has 0 spiro atoms. The smallest absolute Gasteiger partial charge is 0.236 e. The highest BCUT2D eigenvalue weighted by Gasteiger charge is 2.24. The third kappa shape index (κ3) is 3.61. The summed E-state index contributed by atoms with van der Waals surface area (Å²) >= 11 is 1.81. The van der Waals surface area contributed by atoms with Crippen LogP contribution in [-0.2, 0) is 17.8 Å². The van der Waals surface area contributed by atoms with Gasteiger partial charge < -0.3 is 10.2 Å². The van der Waals surface area contributed by atoms with Crippen LogP contribution in [0.15, 0.2) is 11.4 Å². The fraction of sp³-hybridized carbons (Fsp3) is 0.688. The molecular weight excluding hydrogens is 268 g/mol. The molecule has 1 amide bonds. The van der Waals surface area contributed by atoms with Crippen LogP contribution in [0.25, 0.3) is 0 Å². The van der Waals surface area contributed by atoms with Gasteiger partial charge in [0.1, 0.15) is 0 Å². The van der Waals surface area contributed by atoms with Crippen LogP contribution < -0.4 is 5.32 Å². The first-order valence-corrected chi connectivity index (χ1v) is 8.32. The van der Waals surface area contributed by atoms with E-state index in [1.807, 2.05) is 16.2 Å². The lowest BCUT2D eigenvalue weighted by molar-refractivity contribution is -0.131. The van der Waals surface area contributed by atoms with Gasteiger partial charge in [0, 0.05) is 24.5 Å². The van der Waals surface area contributed by atoms with Gasteiger partial charge in [-0.2, -0.15) is 0 Å². The fourth-order valence-electron chi connectivity index (χ4n) is 2.27. The Hall–Kier alpha value is -0.870. The molecule has 1 N–H and O–H groups in total. The van der Waals surface area contributed by atoms with Crippen LogP contribution in [0.3, 0.4) is 0 Å². The standard InChI is InChI=1S/C16H26N2OS/c1-12(2)16(3,4)11-17-9-15(19)18-7-5-14-13(10-18)6-8-20-14/h6,8,12,17H,5,7,9-11H2,1-4H3. The summed E-state index contributed by atoms with van der Waals surface area (Å²) < 4.78 is 0. The van der Waals surface area contributed by atoms with E-state index in [9.17, 15) is 4.79 Å². The third-order valence-electron chi connectivity index (χ3n) is 4.58. The number of thiophene rings is 1. The molecule has 4 heteroatoms. The van der Waals surface area contributed by atoms with Gasteiger partial charge in [0.05, 0.1) is 6.54 Å². The van der Waals surface area contributed by atoms with E-state index in [0.717, 1.165) is 26.1 Å². The van der Waals surface area contributed by atoms with Crippen LogP contribution in [0.5, 0.6) is 0 Å². The Bertz CT molecular complexity index is 465. The second-order valence-corrected chi connectivity index (χ2v) is 7.68. The van der Waals surface area contributed by atoms with Gasteiger partial charge in [-0.25, -0.2) is 0 Å². The van der Waals surface area contributed by atoms with Crippen molar-refractivity contribution in [2.45, 2.75) is 40.7 Å². The molecule has 1 aromatic rings. The Morgan fingerprint density at radius 1 is 1.50 bits per heavy atom. The molecule has 0 aliphatic carbocycles. The third-order valence-corrected chi connectivity index (χ3v) is 5.60. The van der Waals surface area contributed by atoms with Gasteiger partial charge in [0.25, 0.3) is 0 Å². The predicted molar refractivity (Wildman–Crippen MR) is 84.9 cm³/mol. The minimum Gasteiger partial charge on any atom is -0.337 e. The maximum Gasteiger partial charge on any atom is 0.236 e. The van der Waals surface area contributed by atoms with Gasteiger partial charge in [-0.1, -0.05) is 27.7 Å². The Labute approximate surface area is 126 Å². The summed E-state index contributed by atoms with van der Waals surface area (Å²) in [6.07, 6.45) is 1.01. The number of carbonyl (C=O) groups is 1. The molecule has 1 aliphatic rings. The number of nitrogens with one attached hydrogen (secondary N) is 1. The number of rotatable bonds is 5. The van der Waals surface area contributed by atoms with Crippen LogP contribution in [-0.4, -0.2) is 30.4 Å². The van der Waals surface area contributed by atoms with Crippen LogP contribution in [0.1, 0.15) is 38.1 Å². The largest absolute Gasteiger partial charge is 0.337 e. The van der Waals surface area contributed by atoms with Crippen molar-refractivity contribution in [1.29, 1.82) is 0 Å². The zero-order valence-corrected chi connectivity index (χ0v) is 13.8. The van der Waals surface area contributed by atoms with Gasteiger partial charge in [-0.15, -0.1) is 11.3 Å². The molecule has 112 valence electrons. The highest BCUT2D eigenvalue weighted by Crippen LogP contribution is 2.25. The van der Waals surface area contributed by atoms with E-state index >= 15 is 0 Å². The number of hydrogen-bond acceptors (Lipinski definition) is 3. The van der Waals surface area contributed by atoms with Crippen LogP contribution in [0.2, 0.25) is 0 Å². The summed E-state index contributed by atoms with van der Waals surface area (Å²) in [5.74, 6) is 0.829. The average molecular weight is 294 g/mol. The van der Waals surface area contributed by atoms with Crippen molar-refractivity contribution in [3.8, 4) is 0 Å². The summed E-state index contributed by atoms with van der Waals surface area (Å²) in [4.78, 5) is 15.7. The van der Waals surface area contributed by atoms with E-state index in [0.29, 0.717) is 12.5 Å². The average Bonchev–Trinajstić information content (AvgIpc) is 2.85. The predicted octanol–water partition coefficient (Wildman–Crippen LogP) is 2.90. The first-order valence-electron chi connectivity index (χ1n) is 7.44. The number of fused-ring (bicyclic) bond motifs is 1. The number of carbonyl (C=O) groups excluding carboxylic acids is 1. The maximum absolute atomic E-state index is 12.3. The molecule has 0 fully saturated rings. The first kappa shape index (κ1) is 15.5. The Morgan fingerprint density at radius 3 is 2.95 bits per heavy atom. The van der Waals surface area contributed by atoms with Gasteiger partial charge >= 0.3 is 0 Å². The first-order chi connectivity index (χ1) is 9.40. The highest BCUT2D eigenvalue weighted by molar-refractivity contribution is 7.10. The molecule has 1 aliphatic heterocycles. The van der Waals surface area contributed by atoms with Crippen LogP contribution >= 0.6 is 11.3 Å². The molecule has 0 atom stereocenters. The van der Waals surface area contributed by atoms with E-state index in [1.165, 1.54) is 10.4 Å². The van der Waals surface area contributed by atoms with E-state index in [-0.39, 0.29) is 11.3 Å². The zero-order valence-electron chi connectivity index (χ0n) is 13.0. The molecular formula is C16H26N2OS. The quantitative estimate of drug-likeness (QED) is 0.905. The van der Waals surface area contributed by atoms with Crippen molar-refractivity contribution >= 4 is 17.2 Å². The van der Waals surface area contributed by atoms with Crippen molar-refractivity contribution in [3.63, 3.8) is 0 Å². The molecule has 1 aromatic heterocycles. The minimum atomic E-state index is 0.224. The molecule has 2 rings (SSSR count). The Balaban J connectivity index is 1.79. The second kappa shape index (κ2) is 6.27. The van der Waals surface area contributed by atoms with Crippen molar-refractivity contribution in [2.24, 2.45) is 11.3 Å². The summed E-state index contributed by atoms with van der Waals surface area (Å²) in [7, 11) is 0. The summed E-state index contributed by atoms with van der Waals surface area (Å²) in [6.45, 7) is 11.9. The lowest BCUT2D eigenvalue weighted by atomic mass is 9.81. The molecule has 0 saturated carbocycles. The molecule has 0 radical (unpaired) electrons. The SMILES string of the molecule is CC(C)C(C)(C)CNCC(=O)N1CCc2sccc2C1. The Morgan fingerprint density at radius 2 is 2.25 bits per heavy atom. The lowest BCUT2D eigenvalue weighted by Crippen LogP contribution is -2.43. The number of hydrogen-bond donors (Lipinski definition) is 1. The summed E-state index contributed by atoms with van der Waals surface area (Å²) in [5, 5.41) is 5.46. The summed E-state index contributed by atoms with van der Waals surface area (Å²) in [5.41, 5.74) is 1.56. The van der Waals surface area contributed by atoms with Crippen LogP contribution in [0.4, 0.5) is 0 Å². The van der Waals surface area contributed by atoms with Crippen molar-refractivity contribution in [3.05, 3.63) is 21.9 Å². The molecule has 0 aromatic carbocycles. The highest BCUT2D eigenvalue weighted by atomic mass is 32.1. The maximum atomic E-state index is 12.3. The van der Waals surface area contributed by atoms with Gasteiger partial charge in [0.2, 0.25) is 5.91 Å². The lowest BCUT2D eigenvalue weighted by Gasteiger charge is -2.31. The van der Waals surface area contributed by atoms with E-state index in [4.69, 9.17) is 0 Å². The monoisotopic (exact) mass is 294 g/mol. The van der Waals surface area contributed by atoms with Gasteiger partial charge in [-0.3, -0.25) is 4.79 Å². The van der Waals surface area contributed by atoms with Crippen molar-refractivity contribution in [1.82, 2.24) is 10.2 Å². The molecule has 0 bridgehead atoms. The van der Waals surface area contributed by atoms with E-state index in [1.54, 1.807) is 0 Å². The molecule has 0 unspecified atom stereocenters. The molecule has 3 nitrogen and oxygen atoms in total. The van der Waals surface area contributed by atoms with E-state index < -0.39 is 0 Å². The van der Waals surface area contributed by atoms with Crippen LogP contribution in [0, 0.1) is 11.3 Å². The summed E-state index contributed by atoms with van der Waals surface area (Å²) in [6, 6.07) is 2.15. The number of nitrogens with zero attached hydrogens (tertiary/aromatic N) is 1. The topological polar surface area (TPSA) is 32.3 Å². The fourth-order valence-corrected chi connectivity index (χ4v) is 3.16. The van der Waals surface area contributed by atoms with E-state index in [2.05, 4.69) is 44.5 Å².